The monoisotopic (exact) mass is 554 g/mol. The first-order valence-electron chi connectivity index (χ1n) is 10.7. The van der Waals surface area contributed by atoms with Gasteiger partial charge in [0.15, 0.2) is 5.79 Å². The van der Waals surface area contributed by atoms with Gasteiger partial charge in [0.1, 0.15) is 30.5 Å². The summed E-state index contributed by atoms with van der Waals surface area (Å²) in [7, 11) is 1.40. The van der Waals surface area contributed by atoms with Crippen LogP contribution >= 0.6 is 34.2 Å². The van der Waals surface area contributed by atoms with E-state index in [4.69, 9.17) is 40.0 Å². The summed E-state index contributed by atoms with van der Waals surface area (Å²) in [6.45, 7) is 3.95. The Morgan fingerprint density at radius 3 is 2.63 bits per heavy atom. The highest BCUT2D eigenvalue weighted by atomic mass is 127. The Kier molecular flexibility index (Phi) is 6.14. The number of hydrogen-bond donors (Lipinski definition) is 0. The van der Waals surface area contributed by atoms with Crippen molar-refractivity contribution in [1.29, 1.82) is 0 Å². The lowest BCUT2D eigenvalue weighted by molar-refractivity contribution is -0.292. The molecule has 0 aromatic heterocycles. The van der Waals surface area contributed by atoms with Crippen LogP contribution in [0.15, 0.2) is 10.2 Å². The zero-order chi connectivity index (χ0) is 21.0. The third kappa shape index (κ3) is 3.95. The third-order valence-electron chi connectivity index (χ3n) is 6.93. The van der Waals surface area contributed by atoms with Crippen LogP contribution in [-0.4, -0.2) is 73.1 Å². The van der Waals surface area contributed by atoms with E-state index in [0.717, 1.165) is 29.3 Å². The summed E-state index contributed by atoms with van der Waals surface area (Å²) in [5.41, 5.74) is 0. The van der Waals surface area contributed by atoms with Crippen molar-refractivity contribution >= 4 is 40.2 Å². The van der Waals surface area contributed by atoms with E-state index in [9.17, 15) is 4.79 Å². The van der Waals surface area contributed by atoms with Crippen molar-refractivity contribution < 1.29 is 33.2 Å². The average molecular weight is 555 g/mol. The van der Waals surface area contributed by atoms with E-state index in [-0.39, 0.29) is 66.6 Å². The summed E-state index contributed by atoms with van der Waals surface area (Å²) >= 11 is 8.73. The summed E-state index contributed by atoms with van der Waals surface area (Å²) in [5.74, 6) is -0.987. The van der Waals surface area contributed by atoms with Gasteiger partial charge in [-0.25, -0.2) is 0 Å². The van der Waals surface area contributed by atoms with Crippen molar-refractivity contribution in [2.45, 2.75) is 105 Å². The molecule has 0 amide bonds. The van der Waals surface area contributed by atoms with Gasteiger partial charge in [-0.05, 0) is 51.9 Å². The Bertz CT molecular complexity index is 707. The summed E-state index contributed by atoms with van der Waals surface area (Å²) in [6.07, 6.45) is 3.43. The van der Waals surface area contributed by atoms with Gasteiger partial charge in [0.05, 0.1) is 31.8 Å². The van der Waals surface area contributed by atoms with E-state index in [1.807, 2.05) is 0 Å². The fraction of sp³-hybridized carbons (Fsp3) is 0.857. The number of esters is 1. The minimum atomic E-state index is -0.722. The smallest absolute Gasteiger partial charge is 0.308 e. The summed E-state index contributed by atoms with van der Waals surface area (Å²) in [6, 6.07) is 0. The number of methoxy groups -OCH3 is 1. The van der Waals surface area contributed by atoms with Gasteiger partial charge in [-0.1, -0.05) is 6.58 Å². The van der Waals surface area contributed by atoms with Crippen molar-refractivity contribution in [3.8, 4) is 0 Å². The number of carbonyl (C=O) groups is 1. The van der Waals surface area contributed by atoms with Crippen LogP contribution in [0, 0.1) is 0 Å². The van der Waals surface area contributed by atoms with Gasteiger partial charge in [-0.15, -0.1) is 11.6 Å². The van der Waals surface area contributed by atoms with E-state index in [0.29, 0.717) is 12.8 Å². The minimum absolute atomic E-state index is 0.00654. The number of fused-ring (bicyclic) bond motifs is 1. The fourth-order valence-electron chi connectivity index (χ4n) is 5.62. The van der Waals surface area contributed by atoms with Crippen LogP contribution in [0.3, 0.4) is 0 Å². The van der Waals surface area contributed by atoms with Crippen molar-refractivity contribution in [2.75, 3.05) is 7.11 Å². The van der Waals surface area contributed by atoms with Crippen LogP contribution in [0.25, 0.3) is 0 Å². The molecule has 0 aliphatic carbocycles. The lowest BCUT2D eigenvalue weighted by Gasteiger charge is -2.47. The van der Waals surface area contributed by atoms with Crippen LogP contribution in [0.4, 0.5) is 0 Å². The fourth-order valence-corrected chi connectivity index (χ4v) is 6.70. The normalized spacial score (nSPS) is 46.9. The lowest BCUT2D eigenvalue weighted by Crippen LogP contribution is -2.61. The Morgan fingerprint density at radius 2 is 1.87 bits per heavy atom. The summed E-state index contributed by atoms with van der Waals surface area (Å²) < 4.78 is 38.1. The number of ether oxygens (including phenoxy) is 6. The van der Waals surface area contributed by atoms with Crippen LogP contribution in [0.5, 0.6) is 0 Å². The Morgan fingerprint density at radius 1 is 1.13 bits per heavy atom. The molecule has 6 rings (SSSR count). The third-order valence-corrected chi connectivity index (χ3v) is 7.74. The van der Waals surface area contributed by atoms with E-state index in [2.05, 4.69) is 29.2 Å². The van der Waals surface area contributed by atoms with E-state index in [1.165, 1.54) is 7.11 Å². The van der Waals surface area contributed by atoms with Crippen molar-refractivity contribution in [3.63, 3.8) is 0 Å². The summed E-state index contributed by atoms with van der Waals surface area (Å²) in [5, 5.41) is -0.00654. The quantitative estimate of drug-likeness (QED) is 0.272. The molecule has 6 fully saturated rings. The highest BCUT2D eigenvalue weighted by molar-refractivity contribution is 14.1. The Balaban J connectivity index is 1.32. The predicted octanol–water partition coefficient (Wildman–Crippen LogP) is 3.24. The number of halogens is 2. The molecule has 0 radical (unpaired) electrons. The number of alkyl halides is 1. The van der Waals surface area contributed by atoms with Crippen molar-refractivity contribution in [1.82, 2.24) is 0 Å². The molecule has 0 spiro atoms. The molecule has 6 aliphatic rings. The van der Waals surface area contributed by atoms with Crippen LogP contribution in [0.2, 0.25) is 0 Å². The highest BCUT2D eigenvalue weighted by Crippen LogP contribution is 2.54. The first-order valence-corrected chi connectivity index (χ1v) is 12.3. The molecule has 7 nitrogen and oxygen atoms in total. The number of rotatable bonds is 7. The number of allylic oxidation sites excluding steroid dienone is 1. The molecule has 0 N–H and O–H groups in total. The molecular formula is C21H28ClIO7. The van der Waals surface area contributed by atoms with Gasteiger partial charge < -0.3 is 28.4 Å². The van der Waals surface area contributed by atoms with Crippen LogP contribution < -0.4 is 0 Å². The molecule has 168 valence electrons. The molecule has 2 unspecified atom stereocenters. The molecule has 0 saturated carbocycles. The molecule has 10 atom stereocenters. The largest absolute Gasteiger partial charge is 0.469 e. The second kappa shape index (κ2) is 8.43. The molecular weight excluding hydrogens is 527 g/mol. The standard InChI is InChI=1S/C21H28ClIO7/c1-10(23)7-11(22)5-6-21-9-14-17(29-21)18-19(28-14)20(30-21)16-13(27-18)4-3-12(26-16)8-15(24)25-2/h11-14,16-20H,1,3-9H2,2H3/t11-,12-,13+,14?,16+,17-,18?,19-,20+,21+/m1/s1. The zero-order valence-corrected chi connectivity index (χ0v) is 19.9. The minimum Gasteiger partial charge on any atom is -0.469 e. The highest BCUT2D eigenvalue weighted by Gasteiger charge is 2.68. The maximum Gasteiger partial charge on any atom is 0.308 e. The Hall–Kier alpha value is 0.0300. The van der Waals surface area contributed by atoms with Gasteiger partial charge in [-0.3, -0.25) is 4.79 Å². The lowest BCUT2D eigenvalue weighted by atomic mass is 9.87. The molecule has 0 aromatic rings. The molecule has 6 saturated heterocycles. The van der Waals surface area contributed by atoms with Crippen molar-refractivity contribution in [3.05, 3.63) is 10.2 Å². The van der Waals surface area contributed by atoms with E-state index in [1.54, 1.807) is 0 Å². The second-order valence-corrected chi connectivity index (χ2v) is 11.1. The molecule has 30 heavy (non-hydrogen) atoms. The zero-order valence-electron chi connectivity index (χ0n) is 17.0. The molecule has 6 bridgehead atoms. The van der Waals surface area contributed by atoms with Gasteiger partial charge in [0, 0.05) is 18.2 Å². The second-order valence-electron chi connectivity index (χ2n) is 9.00. The Labute approximate surface area is 195 Å². The van der Waals surface area contributed by atoms with Gasteiger partial charge in [-0.2, -0.15) is 0 Å². The van der Waals surface area contributed by atoms with Gasteiger partial charge >= 0.3 is 5.97 Å². The number of hydrogen-bond acceptors (Lipinski definition) is 7. The van der Waals surface area contributed by atoms with E-state index >= 15 is 0 Å². The molecule has 9 heteroatoms. The first-order chi connectivity index (χ1) is 14.4. The molecule has 0 aromatic carbocycles. The van der Waals surface area contributed by atoms with Crippen LogP contribution in [-0.2, 0) is 33.2 Å². The van der Waals surface area contributed by atoms with Gasteiger partial charge in [0.2, 0.25) is 0 Å². The summed E-state index contributed by atoms with van der Waals surface area (Å²) in [4.78, 5) is 11.7. The average Bonchev–Trinajstić information content (AvgIpc) is 3.11. The maximum atomic E-state index is 11.7. The van der Waals surface area contributed by atoms with Crippen LogP contribution in [0.1, 0.15) is 44.9 Å². The molecule has 6 heterocycles. The van der Waals surface area contributed by atoms with Gasteiger partial charge in [0.25, 0.3) is 0 Å². The number of carbonyl (C=O) groups excluding carboxylic acids is 1. The molecule has 6 aliphatic heterocycles. The SMILES string of the molecule is C=C(I)C[C@H](Cl)CC[C@@]12CC3O[C@@H]4C(O[C@H]5CC[C@H](CC(=O)OC)O[C@@H]5[C@@H]4O1)[C@@H]3O2. The topological polar surface area (TPSA) is 72.5 Å². The maximum absolute atomic E-state index is 11.7. The van der Waals surface area contributed by atoms with E-state index < -0.39 is 5.79 Å². The predicted molar refractivity (Wildman–Crippen MR) is 116 cm³/mol. The first kappa shape index (κ1) is 21.9. The van der Waals surface area contributed by atoms with Crippen molar-refractivity contribution in [2.24, 2.45) is 0 Å².